The quantitative estimate of drug-likeness (QED) is 0.723. The minimum atomic E-state index is -0.661. The second-order valence-electron chi connectivity index (χ2n) is 8.70. The van der Waals surface area contributed by atoms with Gasteiger partial charge in [0.15, 0.2) is 0 Å². The minimum Gasteiger partial charge on any atom is -0.482 e. The van der Waals surface area contributed by atoms with E-state index in [-0.39, 0.29) is 12.0 Å². The third kappa shape index (κ3) is 3.49. The molecule has 1 fully saturated rings. The predicted molar refractivity (Wildman–Crippen MR) is 117 cm³/mol. The number of carbonyl (C=O) groups is 1. The van der Waals surface area contributed by atoms with Gasteiger partial charge in [-0.1, -0.05) is 0 Å². The van der Waals surface area contributed by atoms with Crippen molar-refractivity contribution in [2.24, 2.45) is 0 Å². The second-order valence-corrected chi connectivity index (χ2v) is 8.70. The lowest BCUT2D eigenvalue weighted by atomic mass is 9.92. The molecule has 3 aliphatic rings. The molecule has 0 saturated carbocycles. The lowest BCUT2D eigenvalue weighted by molar-refractivity contribution is -0.111. The lowest BCUT2D eigenvalue weighted by Crippen LogP contribution is -2.38. The van der Waals surface area contributed by atoms with Gasteiger partial charge in [-0.2, -0.15) is 0 Å². The zero-order valence-corrected chi connectivity index (χ0v) is 17.5. The van der Waals surface area contributed by atoms with Crippen LogP contribution in [0, 0.1) is 5.82 Å². The molecule has 1 unspecified atom stereocenters. The maximum atomic E-state index is 13.6. The standard InChI is InChI=1S/C24H24FN3O3/c1-24(2)18(14-7-8-26-21(10-14)28-9-3-4-16(29)13-28)12-20(31-24)22-17-6-5-15(25)11-19(17)27-23(22)30/h5-8,10-12,16,29H,3-4,9,13H2,1-2H3,(H,27,30). The molecule has 31 heavy (non-hydrogen) atoms. The topological polar surface area (TPSA) is 74.7 Å². The van der Waals surface area contributed by atoms with E-state index in [2.05, 4.69) is 15.2 Å². The largest absolute Gasteiger partial charge is 0.482 e. The van der Waals surface area contributed by atoms with Crippen LogP contribution in [0.15, 0.2) is 48.4 Å². The number of hydrogen-bond acceptors (Lipinski definition) is 5. The number of carbonyl (C=O) groups excluding carboxylic acids is 1. The summed E-state index contributed by atoms with van der Waals surface area (Å²) in [5, 5.41) is 12.7. The fourth-order valence-corrected chi connectivity index (χ4v) is 4.53. The van der Waals surface area contributed by atoms with Crippen molar-refractivity contribution in [3.63, 3.8) is 0 Å². The first-order chi connectivity index (χ1) is 14.8. The van der Waals surface area contributed by atoms with Gasteiger partial charge < -0.3 is 20.1 Å². The molecule has 160 valence electrons. The van der Waals surface area contributed by atoms with E-state index in [1.807, 2.05) is 32.1 Å². The molecule has 2 aromatic rings. The number of halogens is 1. The predicted octanol–water partition coefficient (Wildman–Crippen LogP) is 3.74. The normalized spacial score (nSPS) is 24.5. The molecule has 2 N–H and O–H groups in total. The van der Waals surface area contributed by atoms with Gasteiger partial charge in [-0.3, -0.25) is 4.79 Å². The highest BCUT2D eigenvalue weighted by molar-refractivity contribution is 6.32. The number of fused-ring (bicyclic) bond motifs is 1. The zero-order chi connectivity index (χ0) is 21.8. The van der Waals surface area contributed by atoms with Crippen LogP contribution in [0.4, 0.5) is 15.9 Å². The Morgan fingerprint density at radius 3 is 2.94 bits per heavy atom. The van der Waals surface area contributed by atoms with Crippen molar-refractivity contribution in [2.45, 2.75) is 38.4 Å². The number of piperidine rings is 1. The first kappa shape index (κ1) is 19.8. The van der Waals surface area contributed by atoms with Gasteiger partial charge in [0.25, 0.3) is 5.91 Å². The first-order valence-electron chi connectivity index (χ1n) is 10.5. The van der Waals surface area contributed by atoms with Crippen LogP contribution in [0.5, 0.6) is 0 Å². The number of ether oxygens (including phenoxy) is 1. The van der Waals surface area contributed by atoms with Crippen LogP contribution in [0.25, 0.3) is 11.1 Å². The van der Waals surface area contributed by atoms with Crippen LogP contribution in [-0.2, 0) is 9.53 Å². The summed E-state index contributed by atoms with van der Waals surface area (Å²) in [4.78, 5) is 19.2. The number of pyridine rings is 1. The maximum absolute atomic E-state index is 13.6. The van der Waals surface area contributed by atoms with E-state index in [0.717, 1.165) is 36.3 Å². The number of aromatic nitrogens is 1. The Kier molecular flexibility index (Phi) is 4.59. The van der Waals surface area contributed by atoms with Crippen molar-refractivity contribution in [2.75, 3.05) is 23.3 Å². The molecule has 6 nitrogen and oxygen atoms in total. The van der Waals surface area contributed by atoms with Crippen LogP contribution in [-0.4, -0.2) is 40.8 Å². The average Bonchev–Trinajstić information content (AvgIpc) is 3.22. The molecule has 1 saturated heterocycles. The van der Waals surface area contributed by atoms with Gasteiger partial charge in [0.1, 0.15) is 23.0 Å². The molecule has 1 aromatic heterocycles. The Labute approximate surface area is 180 Å². The summed E-state index contributed by atoms with van der Waals surface area (Å²) >= 11 is 0. The van der Waals surface area contributed by atoms with Gasteiger partial charge in [-0.25, -0.2) is 9.37 Å². The maximum Gasteiger partial charge on any atom is 0.260 e. The molecule has 0 aliphatic carbocycles. The van der Waals surface area contributed by atoms with Crippen molar-refractivity contribution in [3.8, 4) is 0 Å². The number of aliphatic hydroxyl groups is 1. The molecule has 0 radical (unpaired) electrons. The van der Waals surface area contributed by atoms with Gasteiger partial charge in [-0.05, 0) is 68.7 Å². The van der Waals surface area contributed by atoms with E-state index >= 15 is 0 Å². The van der Waals surface area contributed by atoms with Crippen LogP contribution >= 0.6 is 0 Å². The zero-order valence-electron chi connectivity index (χ0n) is 17.5. The highest BCUT2D eigenvalue weighted by Gasteiger charge is 2.38. The number of nitrogens with zero attached hydrogens (tertiary/aromatic N) is 2. The molecule has 3 aliphatic heterocycles. The molecular weight excluding hydrogens is 397 g/mol. The fraction of sp³-hybridized carbons (Fsp3) is 0.333. The summed E-state index contributed by atoms with van der Waals surface area (Å²) in [7, 11) is 0. The number of aliphatic hydroxyl groups excluding tert-OH is 1. The Morgan fingerprint density at radius 1 is 1.29 bits per heavy atom. The molecule has 5 rings (SSSR count). The van der Waals surface area contributed by atoms with Crippen LogP contribution < -0.4 is 10.2 Å². The summed E-state index contributed by atoms with van der Waals surface area (Å²) in [6.07, 6.45) is 5.04. The SMILES string of the molecule is CC1(C)OC(=C2C(=O)Nc3cc(F)ccc32)C=C1c1ccnc(N2CCCC(O)C2)c1. The third-order valence-corrected chi connectivity index (χ3v) is 6.04. The van der Waals surface area contributed by atoms with E-state index in [0.29, 0.717) is 29.1 Å². The second kappa shape index (κ2) is 7.20. The monoisotopic (exact) mass is 421 g/mol. The van der Waals surface area contributed by atoms with E-state index in [1.54, 1.807) is 12.3 Å². The van der Waals surface area contributed by atoms with Gasteiger partial charge in [0.05, 0.1) is 17.4 Å². The van der Waals surface area contributed by atoms with E-state index in [1.165, 1.54) is 12.1 Å². The minimum absolute atomic E-state index is 0.304. The molecule has 0 spiro atoms. The average molecular weight is 421 g/mol. The Balaban J connectivity index is 1.55. The van der Waals surface area contributed by atoms with Crippen molar-refractivity contribution in [1.82, 2.24) is 4.98 Å². The van der Waals surface area contributed by atoms with Crippen molar-refractivity contribution in [3.05, 3.63) is 65.3 Å². The molecule has 7 heteroatoms. The highest BCUT2D eigenvalue weighted by Crippen LogP contribution is 2.44. The summed E-state index contributed by atoms with van der Waals surface area (Å²) in [6, 6.07) is 8.17. The summed E-state index contributed by atoms with van der Waals surface area (Å²) in [6.45, 7) is 5.33. The number of allylic oxidation sites excluding steroid dienone is 1. The number of anilines is 2. The molecule has 1 amide bonds. The van der Waals surface area contributed by atoms with E-state index < -0.39 is 11.4 Å². The Hall–Kier alpha value is -3.19. The Morgan fingerprint density at radius 2 is 2.13 bits per heavy atom. The summed E-state index contributed by atoms with van der Waals surface area (Å²) in [5.74, 6) is 0.575. The van der Waals surface area contributed by atoms with Crippen LogP contribution in [0.1, 0.15) is 37.8 Å². The molecule has 1 atom stereocenters. The van der Waals surface area contributed by atoms with E-state index in [4.69, 9.17) is 4.74 Å². The number of rotatable bonds is 2. The van der Waals surface area contributed by atoms with Crippen LogP contribution in [0.3, 0.4) is 0 Å². The number of benzene rings is 1. The van der Waals surface area contributed by atoms with E-state index in [9.17, 15) is 14.3 Å². The molecule has 0 bridgehead atoms. The van der Waals surface area contributed by atoms with Gasteiger partial charge in [-0.15, -0.1) is 0 Å². The van der Waals surface area contributed by atoms with Crippen molar-refractivity contribution >= 4 is 28.6 Å². The molecule has 1 aromatic carbocycles. The van der Waals surface area contributed by atoms with Gasteiger partial charge >= 0.3 is 0 Å². The number of hydrogen-bond donors (Lipinski definition) is 2. The highest BCUT2D eigenvalue weighted by atomic mass is 19.1. The van der Waals surface area contributed by atoms with Crippen molar-refractivity contribution in [1.29, 1.82) is 0 Å². The fourth-order valence-electron chi connectivity index (χ4n) is 4.53. The third-order valence-electron chi connectivity index (χ3n) is 6.04. The van der Waals surface area contributed by atoms with Gasteiger partial charge in [0.2, 0.25) is 0 Å². The smallest absolute Gasteiger partial charge is 0.260 e. The summed E-state index contributed by atoms with van der Waals surface area (Å²) < 4.78 is 19.8. The number of amides is 1. The molecular formula is C24H24FN3O3. The molecule has 4 heterocycles. The Bertz CT molecular complexity index is 1140. The van der Waals surface area contributed by atoms with Gasteiger partial charge in [0, 0.05) is 30.4 Å². The van der Waals surface area contributed by atoms with Crippen molar-refractivity contribution < 1.29 is 19.0 Å². The number of β-amino-alcohol motifs (C(OH)–C–C–N with tert-alkyl or cyclic N) is 1. The van der Waals surface area contributed by atoms with Crippen LogP contribution in [0.2, 0.25) is 0 Å². The number of nitrogens with one attached hydrogen (secondary N) is 1. The summed E-state index contributed by atoms with van der Waals surface area (Å²) in [5.41, 5.74) is 2.71. The first-order valence-corrected chi connectivity index (χ1v) is 10.5. The lowest BCUT2D eigenvalue weighted by Gasteiger charge is -2.31.